The molecule has 0 radical (unpaired) electrons. The Labute approximate surface area is 173 Å². The van der Waals surface area contributed by atoms with Crippen molar-refractivity contribution < 1.29 is 4.79 Å². The highest BCUT2D eigenvalue weighted by atomic mass is 32.2. The van der Waals surface area contributed by atoms with Gasteiger partial charge in [0.15, 0.2) is 10.8 Å². The minimum atomic E-state index is 0.113. The van der Waals surface area contributed by atoms with Crippen LogP contribution in [0.3, 0.4) is 0 Å². The standard InChI is InChI=1S/C23H22N4OS/c1-14-8-9-15(2)21-18(14)12-16(3)22-24-25-23(27(21)22)29-13-20(28)26-11-10-17-6-4-5-7-19(17)26/h4-9,12H,10-11,13H2,1-3H3. The largest absolute Gasteiger partial charge is 0.311 e. The molecule has 1 aliphatic heterocycles. The van der Waals surface area contributed by atoms with Crippen LogP contribution in [0.5, 0.6) is 0 Å². The Kier molecular flexibility index (Phi) is 4.32. The van der Waals surface area contributed by atoms with Gasteiger partial charge in [0.1, 0.15) is 0 Å². The van der Waals surface area contributed by atoms with Crippen molar-refractivity contribution in [3.05, 3.63) is 64.7 Å². The van der Waals surface area contributed by atoms with E-state index in [1.165, 1.54) is 33.8 Å². The summed E-state index contributed by atoms with van der Waals surface area (Å²) in [6, 6.07) is 14.6. The molecule has 0 saturated carbocycles. The van der Waals surface area contributed by atoms with Gasteiger partial charge in [0.2, 0.25) is 5.91 Å². The summed E-state index contributed by atoms with van der Waals surface area (Å²) in [5.74, 6) is 0.455. The lowest BCUT2D eigenvalue weighted by molar-refractivity contribution is -0.116. The Balaban J connectivity index is 1.50. The van der Waals surface area contributed by atoms with Crippen LogP contribution in [0, 0.1) is 20.8 Å². The summed E-state index contributed by atoms with van der Waals surface area (Å²) in [5, 5.41) is 10.8. The van der Waals surface area contributed by atoms with Gasteiger partial charge in [-0.15, -0.1) is 10.2 Å². The van der Waals surface area contributed by atoms with E-state index in [0.29, 0.717) is 5.75 Å². The summed E-state index contributed by atoms with van der Waals surface area (Å²) >= 11 is 1.46. The molecule has 1 aliphatic rings. The van der Waals surface area contributed by atoms with Crippen molar-refractivity contribution in [3.63, 3.8) is 0 Å². The van der Waals surface area contributed by atoms with Crippen LogP contribution in [-0.2, 0) is 11.2 Å². The molecule has 0 spiro atoms. The number of benzene rings is 2. The van der Waals surface area contributed by atoms with Crippen molar-refractivity contribution in [1.29, 1.82) is 0 Å². The molecule has 0 saturated heterocycles. The van der Waals surface area contributed by atoms with Gasteiger partial charge in [-0.3, -0.25) is 9.20 Å². The first-order valence-electron chi connectivity index (χ1n) is 9.80. The van der Waals surface area contributed by atoms with Crippen LogP contribution in [-0.4, -0.2) is 32.8 Å². The van der Waals surface area contributed by atoms with Gasteiger partial charge in [0.05, 0.1) is 11.3 Å². The van der Waals surface area contributed by atoms with Gasteiger partial charge < -0.3 is 4.90 Å². The van der Waals surface area contributed by atoms with E-state index in [4.69, 9.17) is 0 Å². The number of aryl methyl sites for hydroxylation is 3. The number of hydrogen-bond donors (Lipinski definition) is 0. The highest BCUT2D eigenvalue weighted by molar-refractivity contribution is 7.99. The van der Waals surface area contributed by atoms with Crippen LogP contribution in [0.1, 0.15) is 22.3 Å². The number of pyridine rings is 1. The number of carbonyl (C=O) groups is 1. The minimum absolute atomic E-state index is 0.113. The molecule has 0 atom stereocenters. The number of aromatic nitrogens is 3. The van der Waals surface area contributed by atoms with Crippen LogP contribution in [0.4, 0.5) is 5.69 Å². The van der Waals surface area contributed by atoms with Crippen LogP contribution in [0.2, 0.25) is 0 Å². The number of hydrogen-bond acceptors (Lipinski definition) is 4. The molecule has 4 aromatic rings. The van der Waals surface area contributed by atoms with Gasteiger partial charge in [0.25, 0.3) is 0 Å². The first kappa shape index (κ1) is 18.2. The highest BCUT2D eigenvalue weighted by Gasteiger charge is 2.25. The second-order valence-electron chi connectivity index (χ2n) is 7.64. The number of carbonyl (C=O) groups excluding carboxylic acids is 1. The molecule has 5 nitrogen and oxygen atoms in total. The van der Waals surface area contributed by atoms with Crippen LogP contribution >= 0.6 is 11.8 Å². The van der Waals surface area contributed by atoms with Gasteiger partial charge in [-0.05, 0) is 61.6 Å². The molecule has 6 heteroatoms. The van der Waals surface area contributed by atoms with Gasteiger partial charge in [0, 0.05) is 17.6 Å². The zero-order valence-corrected chi connectivity index (χ0v) is 17.6. The fourth-order valence-electron chi connectivity index (χ4n) is 4.20. The zero-order chi connectivity index (χ0) is 20.1. The second-order valence-corrected chi connectivity index (χ2v) is 8.59. The number of nitrogens with zero attached hydrogens (tertiary/aromatic N) is 4. The van der Waals surface area contributed by atoms with E-state index in [9.17, 15) is 4.79 Å². The molecule has 29 heavy (non-hydrogen) atoms. The maximum absolute atomic E-state index is 12.9. The normalized spacial score (nSPS) is 13.4. The molecule has 2 aromatic heterocycles. The molecule has 3 heterocycles. The summed E-state index contributed by atoms with van der Waals surface area (Å²) < 4.78 is 2.11. The Bertz CT molecular complexity index is 1280. The number of para-hydroxylation sites is 1. The zero-order valence-electron chi connectivity index (χ0n) is 16.8. The van der Waals surface area contributed by atoms with E-state index >= 15 is 0 Å². The fourth-order valence-corrected chi connectivity index (χ4v) is 5.01. The van der Waals surface area contributed by atoms with Crippen LogP contribution < -0.4 is 4.90 Å². The van der Waals surface area contributed by atoms with Crippen molar-refractivity contribution in [1.82, 2.24) is 14.6 Å². The molecular weight excluding hydrogens is 380 g/mol. The van der Waals surface area contributed by atoms with E-state index in [-0.39, 0.29) is 5.91 Å². The van der Waals surface area contributed by atoms with Crippen LogP contribution in [0.25, 0.3) is 16.6 Å². The molecule has 0 fully saturated rings. The predicted molar refractivity (Wildman–Crippen MR) is 118 cm³/mol. The molecule has 146 valence electrons. The SMILES string of the molecule is Cc1ccc(C)c2c1cc(C)c1nnc(SCC(=O)N3CCc4ccccc43)n12. The van der Waals surface area contributed by atoms with Crippen LogP contribution in [0.15, 0.2) is 47.6 Å². The number of amides is 1. The molecule has 0 N–H and O–H groups in total. The third-order valence-corrected chi connectivity index (χ3v) is 6.63. The Hall–Kier alpha value is -2.86. The molecule has 0 bridgehead atoms. The monoisotopic (exact) mass is 402 g/mol. The lowest BCUT2D eigenvalue weighted by Crippen LogP contribution is -2.30. The van der Waals surface area contributed by atoms with Crippen molar-refractivity contribution in [2.24, 2.45) is 0 Å². The number of fused-ring (bicyclic) bond motifs is 4. The fraction of sp³-hybridized carbons (Fsp3) is 0.261. The summed E-state index contributed by atoms with van der Waals surface area (Å²) in [6.07, 6.45) is 0.919. The highest BCUT2D eigenvalue weighted by Crippen LogP contribution is 2.31. The maximum atomic E-state index is 12.9. The first-order chi connectivity index (χ1) is 14.0. The lowest BCUT2D eigenvalue weighted by atomic mass is 10.0. The quantitative estimate of drug-likeness (QED) is 0.474. The molecule has 2 aromatic carbocycles. The summed E-state index contributed by atoms with van der Waals surface area (Å²) in [5.41, 5.74) is 7.75. The van der Waals surface area contributed by atoms with Gasteiger partial charge in [-0.25, -0.2) is 0 Å². The minimum Gasteiger partial charge on any atom is -0.311 e. The lowest BCUT2D eigenvalue weighted by Gasteiger charge is -2.17. The molecule has 0 unspecified atom stereocenters. The van der Waals surface area contributed by atoms with Crippen molar-refractivity contribution in [2.75, 3.05) is 17.2 Å². The number of anilines is 1. The molecule has 5 rings (SSSR count). The van der Waals surface area contributed by atoms with Crippen molar-refractivity contribution >= 4 is 39.9 Å². The van der Waals surface area contributed by atoms with Gasteiger partial charge >= 0.3 is 0 Å². The summed E-state index contributed by atoms with van der Waals surface area (Å²) in [6.45, 7) is 7.04. The van der Waals surface area contributed by atoms with Gasteiger partial charge in [-0.1, -0.05) is 42.1 Å². The Morgan fingerprint density at radius 1 is 1.03 bits per heavy atom. The van der Waals surface area contributed by atoms with Crippen molar-refractivity contribution in [2.45, 2.75) is 32.3 Å². The third kappa shape index (κ3) is 2.90. The number of rotatable bonds is 3. The van der Waals surface area contributed by atoms with Crippen molar-refractivity contribution in [3.8, 4) is 0 Å². The Morgan fingerprint density at radius 3 is 2.69 bits per heavy atom. The topological polar surface area (TPSA) is 50.5 Å². The predicted octanol–water partition coefficient (Wildman–Crippen LogP) is 4.49. The van der Waals surface area contributed by atoms with E-state index in [1.807, 2.05) is 23.1 Å². The average Bonchev–Trinajstić information content (AvgIpc) is 3.34. The maximum Gasteiger partial charge on any atom is 0.237 e. The Morgan fingerprint density at radius 2 is 1.83 bits per heavy atom. The van der Waals surface area contributed by atoms with Gasteiger partial charge in [-0.2, -0.15) is 0 Å². The van der Waals surface area contributed by atoms with E-state index in [0.717, 1.165) is 40.5 Å². The third-order valence-electron chi connectivity index (χ3n) is 5.72. The first-order valence-corrected chi connectivity index (χ1v) is 10.8. The summed E-state index contributed by atoms with van der Waals surface area (Å²) in [4.78, 5) is 14.8. The molecule has 1 amide bonds. The van der Waals surface area contributed by atoms with E-state index in [1.54, 1.807) is 0 Å². The smallest absolute Gasteiger partial charge is 0.237 e. The molecule has 0 aliphatic carbocycles. The average molecular weight is 403 g/mol. The second kappa shape index (κ2) is 6.88. The van der Waals surface area contributed by atoms with E-state index in [2.05, 4.69) is 59.6 Å². The summed E-state index contributed by atoms with van der Waals surface area (Å²) in [7, 11) is 0. The van der Waals surface area contributed by atoms with E-state index < -0.39 is 0 Å². The number of thioether (sulfide) groups is 1. The molecular formula is C23H22N4OS.